The Kier molecular flexibility index (Phi) is 4.33. The molecule has 0 saturated carbocycles. The van der Waals surface area contributed by atoms with Gasteiger partial charge in [0.15, 0.2) is 5.13 Å². The minimum atomic E-state index is -0.428. The summed E-state index contributed by atoms with van der Waals surface area (Å²) in [6.07, 6.45) is 1.76. The highest BCUT2D eigenvalue weighted by Crippen LogP contribution is 2.33. The molecule has 1 fully saturated rings. The van der Waals surface area contributed by atoms with Crippen molar-refractivity contribution in [3.05, 3.63) is 39.8 Å². The first kappa shape index (κ1) is 15.3. The molecule has 0 aliphatic carbocycles. The van der Waals surface area contributed by atoms with Gasteiger partial charge in [-0.3, -0.25) is 9.59 Å². The monoisotopic (exact) mass is 355 g/mol. The molecular weight excluding hydrogens is 345 g/mol. The molecule has 1 saturated heterocycles. The van der Waals surface area contributed by atoms with Gasteiger partial charge in [0.25, 0.3) is 0 Å². The van der Waals surface area contributed by atoms with Gasteiger partial charge in [-0.05, 0) is 18.2 Å². The van der Waals surface area contributed by atoms with Crippen LogP contribution in [-0.4, -0.2) is 23.3 Å². The Morgan fingerprint density at radius 2 is 2.23 bits per heavy atom. The number of halogens is 2. The van der Waals surface area contributed by atoms with Crippen molar-refractivity contribution >= 4 is 57.2 Å². The summed E-state index contributed by atoms with van der Waals surface area (Å²) in [5, 5.41) is 5.91. The van der Waals surface area contributed by atoms with Crippen molar-refractivity contribution in [1.29, 1.82) is 0 Å². The van der Waals surface area contributed by atoms with Crippen LogP contribution in [0.1, 0.15) is 6.42 Å². The molecule has 2 aromatic rings. The minimum absolute atomic E-state index is 0.136. The molecule has 0 unspecified atom stereocenters. The first-order valence-electron chi connectivity index (χ1n) is 6.50. The Hall–Kier alpha value is -1.63. The zero-order chi connectivity index (χ0) is 15.7. The second-order valence-electron chi connectivity index (χ2n) is 4.83. The van der Waals surface area contributed by atoms with E-state index in [0.29, 0.717) is 20.9 Å². The SMILES string of the molecule is O=C(Nc1nccs1)[C@@H]1CC(=O)N(c2ccc(Cl)cc2Cl)C1. The van der Waals surface area contributed by atoms with Crippen molar-refractivity contribution in [1.82, 2.24) is 4.98 Å². The smallest absolute Gasteiger partial charge is 0.231 e. The largest absolute Gasteiger partial charge is 0.310 e. The van der Waals surface area contributed by atoms with E-state index in [0.717, 1.165) is 0 Å². The number of anilines is 2. The standard InChI is InChI=1S/C14H11Cl2N3O2S/c15-9-1-2-11(10(16)6-9)19-7-8(5-12(19)20)13(21)18-14-17-3-4-22-14/h1-4,6,8H,5,7H2,(H,17,18,21)/t8-/m1/s1. The second kappa shape index (κ2) is 6.24. The van der Waals surface area contributed by atoms with Gasteiger partial charge < -0.3 is 10.2 Å². The van der Waals surface area contributed by atoms with Gasteiger partial charge in [-0.2, -0.15) is 0 Å². The van der Waals surface area contributed by atoms with E-state index >= 15 is 0 Å². The third-order valence-electron chi connectivity index (χ3n) is 3.36. The highest BCUT2D eigenvalue weighted by Gasteiger charge is 2.36. The maximum atomic E-state index is 12.2. The number of thiazole rings is 1. The lowest BCUT2D eigenvalue weighted by Crippen LogP contribution is -2.28. The van der Waals surface area contributed by atoms with E-state index in [1.54, 1.807) is 29.8 Å². The van der Waals surface area contributed by atoms with E-state index in [1.165, 1.54) is 16.2 Å². The zero-order valence-electron chi connectivity index (χ0n) is 11.3. The summed E-state index contributed by atoms with van der Waals surface area (Å²) in [5.74, 6) is -0.775. The van der Waals surface area contributed by atoms with Gasteiger partial charge in [-0.15, -0.1) is 11.3 Å². The molecule has 8 heteroatoms. The van der Waals surface area contributed by atoms with Crippen LogP contribution in [0.3, 0.4) is 0 Å². The highest BCUT2D eigenvalue weighted by molar-refractivity contribution is 7.13. The fraction of sp³-hybridized carbons (Fsp3) is 0.214. The normalized spacial score (nSPS) is 17.8. The van der Waals surface area contributed by atoms with Crippen molar-refractivity contribution in [3.63, 3.8) is 0 Å². The summed E-state index contributed by atoms with van der Waals surface area (Å²) in [4.78, 5) is 29.9. The molecule has 1 atom stereocenters. The average Bonchev–Trinajstić information content (AvgIpc) is 3.09. The third-order valence-corrected chi connectivity index (χ3v) is 4.59. The fourth-order valence-corrected chi connectivity index (χ4v) is 3.35. The molecule has 1 aliphatic heterocycles. The van der Waals surface area contributed by atoms with Gasteiger partial charge in [0.1, 0.15) is 0 Å². The van der Waals surface area contributed by atoms with Crippen LogP contribution in [0, 0.1) is 5.92 Å². The van der Waals surface area contributed by atoms with E-state index in [1.807, 2.05) is 0 Å². The summed E-state index contributed by atoms with van der Waals surface area (Å²) >= 11 is 13.3. The van der Waals surface area contributed by atoms with Crippen LogP contribution in [0.15, 0.2) is 29.8 Å². The quantitative estimate of drug-likeness (QED) is 0.916. The molecule has 1 N–H and O–H groups in total. The van der Waals surface area contributed by atoms with Crippen molar-refractivity contribution < 1.29 is 9.59 Å². The molecule has 2 amide bonds. The van der Waals surface area contributed by atoms with E-state index in [2.05, 4.69) is 10.3 Å². The van der Waals surface area contributed by atoms with E-state index in [9.17, 15) is 9.59 Å². The zero-order valence-corrected chi connectivity index (χ0v) is 13.6. The Balaban J connectivity index is 1.74. The van der Waals surface area contributed by atoms with Gasteiger partial charge in [0, 0.05) is 29.6 Å². The summed E-state index contributed by atoms with van der Waals surface area (Å²) in [7, 11) is 0. The number of nitrogens with zero attached hydrogens (tertiary/aromatic N) is 2. The summed E-state index contributed by atoms with van der Waals surface area (Å²) in [5.41, 5.74) is 0.570. The summed E-state index contributed by atoms with van der Waals surface area (Å²) in [6.45, 7) is 0.289. The number of rotatable bonds is 3. The van der Waals surface area contributed by atoms with Crippen molar-refractivity contribution in [2.75, 3.05) is 16.8 Å². The van der Waals surface area contributed by atoms with Crippen molar-refractivity contribution in [2.45, 2.75) is 6.42 Å². The lowest BCUT2D eigenvalue weighted by atomic mass is 10.1. The first-order chi connectivity index (χ1) is 10.5. The number of nitrogens with one attached hydrogen (secondary N) is 1. The average molecular weight is 356 g/mol. The molecule has 2 heterocycles. The van der Waals surface area contributed by atoms with Crippen LogP contribution in [0.2, 0.25) is 10.0 Å². The Labute approximate surface area is 140 Å². The molecule has 1 aromatic heterocycles. The molecule has 0 bridgehead atoms. The number of carbonyl (C=O) groups excluding carboxylic acids is 2. The molecule has 0 spiro atoms. The van der Waals surface area contributed by atoms with Crippen LogP contribution < -0.4 is 10.2 Å². The molecular formula is C14H11Cl2N3O2S. The van der Waals surface area contributed by atoms with Gasteiger partial charge in [0.2, 0.25) is 11.8 Å². The Bertz CT molecular complexity index is 721. The molecule has 5 nitrogen and oxygen atoms in total. The molecule has 1 aliphatic rings. The molecule has 3 rings (SSSR count). The topological polar surface area (TPSA) is 62.3 Å². The van der Waals surface area contributed by atoms with E-state index in [-0.39, 0.29) is 24.8 Å². The van der Waals surface area contributed by atoms with Crippen LogP contribution in [-0.2, 0) is 9.59 Å². The van der Waals surface area contributed by atoms with Crippen LogP contribution in [0.5, 0.6) is 0 Å². The third kappa shape index (κ3) is 3.09. The first-order valence-corrected chi connectivity index (χ1v) is 8.14. The van der Waals surface area contributed by atoms with Gasteiger partial charge in [-0.1, -0.05) is 23.2 Å². The molecule has 22 heavy (non-hydrogen) atoms. The van der Waals surface area contributed by atoms with Crippen LogP contribution >= 0.6 is 34.5 Å². The Morgan fingerprint density at radius 3 is 2.91 bits per heavy atom. The maximum absolute atomic E-state index is 12.2. The molecule has 0 radical (unpaired) electrons. The number of aromatic nitrogens is 1. The van der Waals surface area contributed by atoms with Crippen LogP contribution in [0.4, 0.5) is 10.8 Å². The lowest BCUT2D eigenvalue weighted by molar-refractivity contribution is -0.122. The minimum Gasteiger partial charge on any atom is -0.310 e. The van der Waals surface area contributed by atoms with Crippen LogP contribution in [0.25, 0.3) is 0 Å². The number of hydrogen-bond acceptors (Lipinski definition) is 4. The number of hydrogen-bond donors (Lipinski definition) is 1. The van der Waals surface area contributed by atoms with Crippen molar-refractivity contribution in [2.24, 2.45) is 5.92 Å². The predicted molar refractivity (Wildman–Crippen MR) is 87.7 cm³/mol. The fourth-order valence-electron chi connectivity index (χ4n) is 2.31. The number of amides is 2. The highest BCUT2D eigenvalue weighted by atomic mass is 35.5. The Morgan fingerprint density at radius 1 is 1.41 bits per heavy atom. The van der Waals surface area contributed by atoms with E-state index < -0.39 is 5.92 Å². The van der Waals surface area contributed by atoms with Gasteiger partial charge >= 0.3 is 0 Å². The van der Waals surface area contributed by atoms with Gasteiger partial charge in [0.05, 0.1) is 16.6 Å². The molecule has 1 aromatic carbocycles. The molecule has 114 valence electrons. The van der Waals surface area contributed by atoms with Crippen molar-refractivity contribution in [3.8, 4) is 0 Å². The number of benzene rings is 1. The summed E-state index contributed by atoms with van der Waals surface area (Å²) < 4.78 is 0. The predicted octanol–water partition coefficient (Wildman–Crippen LogP) is 3.44. The summed E-state index contributed by atoms with van der Waals surface area (Å²) in [6, 6.07) is 4.93. The van der Waals surface area contributed by atoms with Gasteiger partial charge in [-0.25, -0.2) is 4.98 Å². The van der Waals surface area contributed by atoms with E-state index in [4.69, 9.17) is 23.2 Å². The second-order valence-corrected chi connectivity index (χ2v) is 6.57. The maximum Gasteiger partial charge on any atom is 0.231 e. The lowest BCUT2D eigenvalue weighted by Gasteiger charge is -2.18. The number of carbonyl (C=O) groups is 2.